The number of carbonyl (C=O) groups excluding carboxylic acids is 1. The fourth-order valence-electron chi connectivity index (χ4n) is 2.39. The van der Waals surface area contributed by atoms with Crippen molar-refractivity contribution in [2.45, 2.75) is 31.9 Å². The van der Waals surface area contributed by atoms with Gasteiger partial charge in [-0.25, -0.2) is 4.39 Å². The molecule has 25 heavy (non-hydrogen) atoms. The molecule has 0 aliphatic heterocycles. The van der Waals surface area contributed by atoms with E-state index in [9.17, 15) is 14.0 Å². The summed E-state index contributed by atoms with van der Waals surface area (Å²) >= 11 is 0. The first-order valence-corrected chi connectivity index (χ1v) is 7.99. The Kier molecular flexibility index (Phi) is 6.51. The van der Waals surface area contributed by atoms with Crippen molar-refractivity contribution in [2.24, 2.45) is 0 Å². The Labute approximate surface area is 145 Å². The zero-order chi connectivity index (χ0) is 18.2. The number of para-hydroxylation sites is 1. The zero-order valence-electron chi connectivity index (χ0n) is 13.8. The molecule has 2 atom stereocenters. The second-order valence-corrected chi connectivity index (χ2v) is 5.51. The molecule has 2 rings (SSSR count). The number of rotatable bonds is 8. The maximum Gasteiger partial charge on any atom is 0.305 e. The molecule has 1 amide bonds. The van der Waals surface area contributed by atoms with Crippen LogP contribution >= 0.6 is 0 Å². The van der Waals surface area contributed by atoms with E-state index in [4.69, 9.17) is 9.84 Å². The van der Waals surface area contributed by atoms with Gasteiger partial charge in [0.25, 0.3) is 5.91 Å². The molecule has 0 aliphatic rings. The normalized spacial score (nSPS) is 12.9. The molecule has 0 saturated carbocycles. The summed E-state index contributed by atoms with van der Waals surface area (Å²) in [7, 11) is 0. The van der Waals surface area contributed by atoms with E-state index in [0.29, 0.717) is 12.0 Å². The van der Waals surface area contributed by atoms with Crippen molar-refractivity contribution in [3.8, 4) is 5.75 Å². The van der Waals surface area contributed by atoms with Crippen LogP contribution in [0, 0.1) is 5.82 Å². The fraction of sp³-hybridized carbons (Fsp3) is 0.263. The van der Waals surface area contributed by atoms with E-state index in [-0.39, 0.29) is 12.2 Å². The third-order valence-electron chi connectivity index (χ3n) is 3.67. The van der Waals surface area contributed by atoms with E-state index >= 15 is 0 Å². The van der Waals surface area contributed by atoms with Crippen LogP contribution in [-0.4, -0.2) is 23.1 Å². The Balaban J connectivity index is 2.12. The van der Waals surface area contributed by atoms with Crippen LogP contribution in [-0.2, 0) is 9.59 Å². The summed E-state index contributed by atoms with van der Waals surface area (Å²) < 4.78 is 19.2. The standard InChI is InChI=1S/C19H20FNO4/c1-2-16(25-17-11-7-6-10-14(17)20)19(24)21-15(12-18(22)23)13-8-4-3-5-9-13/h3-11,15-16H,2,12H2,1H3,(H,21,24)(H,22,23). The second kappa shape index (κ2) is 8.82. The summed E-state index contributed by atoms with van der Waals surface area (Å²) in [5.41, 5.74) is 0.680. The lowest BCUT2D eigenvalue weighted by atomic mass is 10.0. The minimum Gasteiger partial charge on any atom is -0.481 e. The highest BCUT2D eigenvalue weighted by molar-refractivity contribution is 5.82. The van der Waals surface area contributed by atoms with Crippen LogP contribution in [0.4, 0.5) is 4.39 Å². The number of carboxylic acids is 1. The number of amides is 1. The van der Waals surface area contributed by atoms with Crippen molar-refractivity contribution < 1.29 is 23.8 Å². The lowest BCUT2D eigenvalue weighted by Crippen LogP contribution is -2.40. The fourth-order valence-corrected chi connectivity index (χ4v) is 2.39. The van der Waals surface area contributed by atoms with Crippen LogP contribution in [0.1, 0.15) is 31.4 Å². The number of carboxylic acid groups (broad SMARTS) is 1. The number of carbonyl (C=O) groups is 2. The monoisotopic (exact) mass is 345 g/mol. The molecule has 0 radical (unpaired) electrons. The van der Waals surface area contributed by atoms with Gasteiger partial charge in [0.2, 0.25) is 0 Å². The molecule has 0 bridgehead atoms. The van der Waals surface area contributed by atoms with Crippen molar-refractivity contribution in [1.29, 1.82) is 0 Å². The lowest BCUT2D eigenvalue weighted by molar-refractivity contribution is -0.138. The predicted octanol–water partition coefficient (Wildman–Crippen LogP) is 3.32. The van der Waals surface area contributed by atoms with E-state index < -0.39 is 29.8 Å². The first-order valence-electron chi connectivity index (χ1n) is 7.99. The van der Waals surface area contributed by atoms with Crippen molar-refractivity contribution in [2.75, 3.05) is 0 Å². The number of halogens is 1. The summed E-state index contributed by atoms with van der Waals surface area (Å²) in [6.45, 7) is 1.74. The number of aliphatic carboxylic acids is 1. The smallest absolute Gasteiger partial charge is 0.305 e. The molecule has 0 fully saturated rings. The minimum atomic E-state index is -1.03. The third-order valence-corrected chi connectivity index (χ3v) is 3.67. The maximum absolute atomic E-state index is 13.7. The van der Waals surface area contributed by atoms with Crippen molar-refractivity contribution >= 4 is 11.9 Å². The Bertz CT molecular complexity index is 720. The second-order valence-electron chi connectivity index (χ2n) is 5.51. The molecule has 0 heterocycles. The van der Waals surface area contributed by atoms with Crippen molar-refractivity contribution in [3.05, 3.63) is 66.0 Å². The molecule has 2 aromatic carbocycles. The van der Waals surface area contributed by atoms with Gasteiger partial charge in [-0.2, -0.15) is 0 Å². The van der Waals surface area contributed by atoms with E-state index in [0.717, 1.165) is 0 Å². The number of benzene rings is 2. The van der Waals surface area contributed by atoms with Gasteiger partial charge >= 0.3 is 5.97 Å². The molecule has 0 spiro atoms. The van der Waals surface area contributed by atoms with Crippen LogP contribution in [0.2, 0.25) is 0 Å². The maximum atomic E-state index is 13.7. The zero-order valence-corrected chi connectivity index (χ0v) is 13.8. The van der Waals surface area contributed by atoms with E-state index in [2.05, 4.69) is 5.32 Å². The largest absolute Gasteiger partial charge is 0.481 e. The molecular formula is C19H20FNO4. The van der Waals surface area contributed by atoms with Crippen molar-refractivity contribution in [1.82, 2.24) is 5.32 Å². The molecule has 6 heteroatoms. The topological polar surface area (TPSA) is 75.6 Å². The van der Waals surface area contributed by atoms with E-state index in [1.807, 2.05) is 0 Å². The number of hydrogen-bond acceptors (Lipinski definition) is 3. The molecule has 2 unspecified atom stereocenters. The van der Waals surface area contributed by atoms with Gasteiger partial charge in [0, 0.05) is 0 Å². The van der Waals surface area contributed by atoms with Crippen LogP contribution in [0.5, 0.6) is 5.75 Å². The minimum absolute atomic E-state index is 0.0148. The van der Waals surface area contributed by atoms with Crippen molar-refractivity contribution in [3.63, 3.8) is 0 Å². The van der Waals surface area contributed by atoms with Crippen LogP contribution in [0.25, 0.3) is 0 Å². The Morgan fingerprint density at radius 2 is 1.76 bits per heavy atom. The molecule has 0 saturated heterocycles. The first-order chi connectivity index (χ1) is 12.0. The Morgan fingerprint density at radius 1 is 1.12 bits per heavy atom. The van der Waals surface area contributed by atoms with E-state index in [1.54, 1.807) is 43.3 Å². The summed E-state index contributed by atoms with van der Waals surface area (Å²) in [4.78, 5) is 23.6. The van der Waals surface area contributed by atoms with Crippen LogP contribution in [0.3, 0.4) is 0 Å². The van der Waals surface area contributed by atoms with E-state index in [1.165, 1.54) is 18.2 Å². The van der Waals surface area contributed by atoms with Crippen LogP contribution < -0.4 is 10.1 Å². The SMILES string of the molecule is CCC(Oc1ccccc1F)C(=O)NC(CC(=O)O)c1ccccc1. The first kappa shape index (κ1) is 18.4. The lowest BCUT2D eigenvalue weighted by Gasteiger charge is -2.22. The van der Waals surface area contributed by atoms with Gasteiger partial charge in [-0.1, -0.05) is 49.4 Å². The summed E-state index contributed by atoms with van der Waals surface area (Å²) in [5, 5.41) is 11.8. The summed E-state index contributed by atoms with van der Waals surface area (Å²) in [5.74, 6) is -2.09. The van der Waals surface area contributed by atoms with Gasteiger partial charge < -0.3 is 15.2 Å². The highest BCUT2D eigenvalue weighted by atomic mass is 19.1. The number of ether oxygens (including phenoxy) is 1. The summed E-state index contributed by atoms with van der Waals surface area (Å²) in [6.07, 6.45) is -0.863. The Morgan fingerprint density at radius 3 is 2.36 bits per heavy atom. The van der Waals surface area contributed by atoms with Gasteiger partial charge in [0.15, 0.2) is 17.7 Å². The predicted molar refractivity (Wildman–Crippen MR) is 90.7 cm³/mol. The third kappa shape index (κ3) is 5.31. The van der Waals surface area contributed by atoms with Crippen LogP contribution in [0.15, 0.2) is 54.6 Å². The number of hydrogen-bond donors (Lipinski definition) is 2. The Hall–Kier alpha value is -2.89. The molecule has 0 aromatic heterocycles. The highest BCUT2D eigenvalue weighted by Gasteiger charge is 2.24. The van der Waals surface area contributed by atoms with Gasteiger partial charge in [-0.3, -0.25) is 9.59 Å². The molecule has 0 aliphatic carbocycles. The highest BCUT2D eigenvalue weighted by Crippen LogP contribution is 2.20. The average Bonchev–Trinajstić information content (AvgIpc) is 2.60. The molecule has 2 N–H and O–H groups in total. The quantitative estimate of drug-likeness (QED) is 0.770. The number of nitrogens with one attached hydrogen (secondary N) is 1. The van der Waals surface area contributed by atoms with Gasteiger partial charge in [-0.05, 0) is 24.1 Å². The molecular weight excluding hydrogens is 325 g/mol. The molecule has 5 nitrogen and oxygen atoms in total. The molecule has 132 valence electrons. The van der Waals surface area contributed by atoms with Gasteiger partial charge in [-0.15, -0.1) is 0 Å². The van der Waals surface area contributed by atoms with Gasteiger partial charge in [0.05, 0.1) is 12.5 Å². The summed E-state index contributed by atoms with van der Waals surface area (Å²) in [6, 6.07) is 14.0. The molecule has 2 aromatic rings. The average molecular weight is 345 g/mol. The van der Waals surface area contributed by atoms with Gasteiger partial charge in [0.1, 0.15) is 0 Å².